The summed E-state index contributed by atoms with van der Waals surface area (Å²) in [5, 5.41) is 12.2. The molecule has 3 aromatic carbocycles. The molecular formula is C27H28ClN5O2. The third-order valence-corrected chi connectivity index (χ3v) is 6.02. The summed E-state index contributed by atoms with van der Waals surface area (Å²) in [5.74, 6) is 0.0422. The highest BCUT2D eigenvalue weighted by molar-refractivity contribution is 6.31. The zero-order valence-corrected chi connectivity index (χ0v) is 20.7. The number of hydrogen-bond donors (Lipinski definition) is 3. The maximum absolute atomic E-state index is 12.5. The minimum Gasteiger partial charge on any atom is -0.494 e. The average Bonchev–Trinajstić information content (AvgIpc) is 3.16. The lowest BCUT2D eigenvalue weighted by atomic mass is 10.0. The van der Waals surface area contributed by atoms with Gasteiger partial charge in [-0.25, -0.2) is 4.99 Å². The van der Waals surface area contributed by atoms with Crippen LogP contribution in [0.3, 0.4) is 0 Å². The molecule has 4 rings (SSSR count). The number of anilines is 2. The van der Waals surface area contributed by atoms with Crippen LogP contribution in [0.4, 0.5) is 17.1 Å². The van der Waals surface area contributed by atoms with Gasteiger partial charge in [-0.3, -0.25) is 4.79 Å². The number of hydrogen-bond acceptors (Lipinski definition) is 5. The zero-order valence-electron chi connectivity index (χ0n) is 19.9. The predicted molar refractivity (Wildman–Crippen MR) is 144 cm³/mol. The number of nitrogens with zero attached hydrogens (tertiary/aromatic N) is 3. The smallest absolute Gasteiger partial charge is 0.228 e. The molecule has 180 valence electrons. The molecule has 4 aromatic rings. The number of benzene rings is 3. The van der Waals surface area contributed by atoms with Gasteiger partial charge in [0.1, 0.15) is 0 Å². The zero-order chi connectivity index (χ0) is 25.1. The normalized spacial score (nSPS) is 11.9. The Kier molecular flexibility index (Phi) is 7.10. The van der Waals surface area contributed by atoms with E-state index >= 15 is 0 Å². The molecule has 0 spiro atoms. The number of carbonyl (C=O) groups excluding carboxylic acids is 1. The Morgan fingerprint density at radius 2 is 1.71 bits per heavy atom. The largest absolute Gasteiger partial charge is 0.494 e. The van der Waals surface area contributed by atoms with E-state index in [0.717, 1.165) is 16.6 Å². The highest BCUT2D eigenvalue weighted by Crippen LogP contribution is 2.33. The van der Waals surface area contributed by atoms with E-state index in [1.807, 2.05) is 61.5 Å². The first-order valence-electron chi connectivity index (χ1n) is 11.2. The molecule has 1 heterocycles. The lowest BCUT2D eigenvalue weighted by Crippen LogP contribution is -2.29. The van der Waals surface area contributed by atoms with E-state index in [9.17, 15) is 9.90 Å². The van der Waals surface area contributed by atoms with Gasteiger partial charge in [-0.15, -0.1) is 0 Å². The van der Waals surface area contributed by atoms with Gasteiger partial charge in [0, 0.05) is 47.4 Å². The number of aromatic amines is 1. The first kappa shape index (κ1) is 24.3. The van der Waals surface area contributed by atoms with Crippen LogP contribution in [0.2, 0.25) is 5.02 Å². The number of nitrogens with two attached hydrogens (primary N) is 1. The van der Waals surface area contributed by atoms with Gasteiger partial charge in [-0.1, -0.05) is 29.8 Å². The Morgan fingerprint density at radius 1 is 1.03 bits per heavy atom. The van der Waals surface area contributed by atoms with Gasteiger partial charge >= 0.3 is 0 Å². The van der Waals surface area contributed by atoms with Crippen molar-refractivity contribution >= 4 is 51.2 Å². The molecule has 0 bridgehead atoms. The minimum absolute atomic E-state index is 0.000633. The Hall–Kier alpha value is -3.81. The Labute approximate surface area is 209 Å². The second-order valence-corrected chi connectivity index (χ2v) is 9.08. The highest BCUT2D eigenvalue weighted by atomic mass is 35.5. The minimum atomic E-state index is 0.000633. The van der Waals surface area contributed by atoms with Crippen molar-refractivity contribution < 1.29 is 9.90 Å². The van der Waals surface area contributed by atoms with E-state index in [2.05, 4.69) is 4.98 Å². The molecule has 0 aliphatic rings. The van der Waals surface area contributed by atoms with Crippen molar-refractivity contribution in [1.82, 2.24) is 9.88 Å². The molecule has 0 unspecified atom stereocenters. The summed E-state index contributed by atoms with van der Waals surface area (Å²) in [5.41, 5.74) is 10.7. The Balaban J connectivity index is 1.73. The molecule has 0 aliphatic carbocycles. The lowest BCUT2D eigenvalue weighted by molar-refractivity contribution is -0.118. The quantitative estimate of drug-likeness (QED) is 0.245. The third kappa shape index (κ3) is 5.48. The van der Waals surface area contributed by atoms with Crippen LogP contribution in [0.5, 0.6) is 5.88 Å². The number of amides is 1. The molecule has 1 amide bonds. The van der Waals surface area contributed by atoms with E-state index in [1.165, 1.54) is 0 Å². The van der Waals surface area contributed by atoms with Crippen molar-refractivity contribution in [3.8, 4) is 5.88 Å². The van der Waals surface area contributed by atoms with E-state index in [0.29, 0.717) is 46.2 Å². The van der Waals surface area contributed by atoms with Crippen molar-refractivity contribution in [2.75, 3.05) is 38.3 Å². The number of carbonyl (C=O) groups is 1. The number of aromatic hydroxyl groups is 1. The van der Waals surface area contributed by atoms with Gasteiger partial charge in [0.25, 0.3) is 0 Å². The molecule has 0 fully saturated rings. The fourth-order valence-electron chi connectivity index (χ4n) is 3.81. The van der Waals surface area contributed by atoms with Gasteiger partial charge in [-0.2, -0.15) is 0 Å². The van der Waals surface area contributed by atoms with E-state index in [4.69, 9.17) is 22.3 Å². The second-order valence-electron chi connectivity index (χ2n) is 8.64. The number of halogens is 1. The number of nitrogens with one attached hydrogen (secondary N) is 1. The number of H-pyrrole nitrogens is 1. The van der Waals surface area contributed by atoms with E-state index in [1.54, 1.807) is 36.2 Å². The number of aliphatic imine (C=N–C) groups is 1. The molecule has 0 radical (unpaired) electrons. The van der Waals surface area contributed by atoms with E-state index < -0.39 is 0 Å². The number of aromatic nitrogens is 1. The van der Waals surface area contributed by atoms with Crippen LogP contribution in [-0.2, 0) is 4.79 Å². The molecule has 7 nitrogen and oxygen atoms in total. The van der Waals surface area contributed by atoms with Crippen LogP contribution in [0.15, 0.2) is 71.7 Å². The first-order valence-corrected chi connectivity index (χ1v) is 11.6. The standard InChI is InChI=1S/C27H28ClN5O2/c1-32(2)15-14-24(34)33(3)21-11-9-20(10-12-21)30-26(17-4-7-19(29)8-5-17)25-22-13-6-18(28)16-23(22)31-27(25)35/h4-13,16,31,35H,14-15,29H2,1-3H3. The van der Waals surface area contributed by atoms with Crippen molar-refractivity contribution in [2.24, 2.45) is 4.99 Å². The van der Waals surface area contributed by atoms with Crippen molar-refractivity contribution in [3.05, 3.63) is 82.9 Å². The fourth-order valence-corrected chi connectivity index (χ4v) is 3.98. The summed E-state index contributed by atoms with van der Waals surface area (Å²) in [6.45, 7) is 0.690. The van der Waals surface area contributed by atoms with Crippen LogP contribution in [0.25, 0.3) is 10.9 Å². The van der Waals surface area contributed by atoms with Crippen molar-refractivity contribution in [3.63, 3.8) is 0 Å². The predicted octanol–water partition coefficient (Wildman–Crippen LogP) is 5.19. The monoisotopic (exact) mass is 489 g/mol. The van der Waals surface area contributed by atoms with Crippen LogP contribution < -0.4 is 10.6 Å². The van der Waals surface area contributed by atoms with Gasteiger partial charge in [0.2, 0.25) is 5.91 Å². The number of rotatable bonds is 7. The highest BCUT2D eigenvalue weighted by Gasteiger charge is 2.19. The first-order chi connectivity index (χ1) is 16.7. The molecule has 35 heavy (non-hydrogen) atoms. The summed E-state index contributed by atoms with van der Waals surface area (Å²) in [7, 11) is 5.66. The summed E-state index contributed by atoms with van der Waals surface area (Å²) in [6, 6.07) is 20.2. The van der Waals surface area contributed by atoms with Crippen LogP contribution in [-0.4, -0.2) is 54.3 Å². The van der Waals surface area contributed by atoms with Crippen molar-refractivity contribution in [1.29, 1.82) is 0 Å². The molecule has 0 saturated heterocycles. The van der Waals surface area contributed by atoms with Crippen molar-refractivity contribution in [2.45, 2.75) is 6.42 Å². The number of fused-ring (bicyclic) bond motifs is 1. The summed E-state index contributed by atoms with van der Waals surface area (Å²) in [4.78, 5) is 24.0. The Bertz CT molecular complexity index is 1380. The molecule has 0 atom stereocenters. The average molecular weight is 490 g/mol. The van der Waals surface area contributed by atoms with Gasteiger partial charge in [0.05, 0.1) is 22.5 Å². The summed E-state index contributed by atoms with van der Waals surface area (Å²) >= 11 is 6.15. The molecule has 8 heteroatoms. The Morgan fingerprint density at radius 3 is 2.37 bits per heavy atom. The van der Waals surface area contributed by atoms with Crippen LogP contribution in [0, 0.1) is 0 Å². The molecular weight excluding hydrogens is 462 g/mol. The van der Waals surface area contributed by atoms with E-state index in [-0.39, 0.29) is 11.8 Å². The van der Waals surface area contributed by atoms with Gasteiger partial charge in [-0.05, 0) is 62.6 Å². The lowest BCUT2D eigenvalue weighted by Gasteiger charge is -2.19. The molecule has 1 aromatic heterocycles. The van der Waals surface area contributed by atoms with Crippen LogP contribution in [0.1, 0.15) is 17.5 Å². The molecule has 0 aliphatic heterocycles. The maximum atomic E-state index is 12.5. The maximum Gasteiger partial charge on any atom is 0.228 e. The molecule has 0 saturated carbocycles. The molecule has 4 N–H and O–H groups in total. The second kappa shape index (κ2) is 10.2. The summed E-state index contributed by atoms with van der Waals surface area (Å²) < 4.78 is 0. The topological polar surface area (TPSA) is 98.0 Å². The van der Waals surface area contributed by atoms with Gasteiger partial charge in [0.15, 0.2) is 5.88 Å². The fraction of sp³-hybridized carbons (Fsp3) is 0.185. The summed E-state index contributed by atoms with van der Waals surface area (Å²) in [6.07, 6.45) is 0.439. The SMILES string of the molecule is CN(C)CCC(=O)N(C)c1ccc(N=C(c2ccc(N)cc2)c2c(O)[nH]c3cc(Cl)ccc23)cc1. The van der Waals surface area contributed by atoms with Gasteiger partial charge < -0.3 is 25.6 Å². The number of nitrogen functional groups attached to an aromatic ring is 1. The van der Waals surface area contributed by atoms with Crippen LogP contribution >= 0.6 is 11.6 Å². The third-order valence-electron chi connectivity index (χ3n) is 5.79.